The van der Waals surface area contributed by atoms with Crippen molar-refractivity contribution in [1.29, 1.82) is 0 Å². The lowest BCUT2D eigenvalue weighted by molar-refractivity contribution is 0.415. The number of methoxy groups -OCH3 is 1. The van der Waals surface area contributed by atoms with Crippen molar-refractivity contribution in [2.24, 2.45) is 0 Å². The highest BCUT2D eigenvalue weighted by atomic mass is 19.1. The zero-order valence-corrected chi connectivity index (χ0v) is 12.0. The van der Waals surface area contributed by atoms with Crippen molar-refractivity contribution in [3.05, 3.63) is 66.1 Å². The molecule has 2 aromatic carbocycles. The summed E-state index contributed by atoms with van der Waals surface area (Å²) in [5, 5.41) is 0. The molecule has 3 aromatic rings. The van der Waals surface area contributed by atoms with Gasteiger partial charge < -0.3 is 9.72 Å². The van der Waals surface area contributed by atoms with E-state index < -0.39 is 0 Å². The maximum absolute atomic E-state index is 13.0. The van der Waals surface area contributed by atoms with Gasteiger partial charge in [0.2, 0.25) is 0 Å². The molecule has 0 radical (unpaired) electrons. The molecule has 0 saturated heterocycles. The van der Waals surface area contributed by atoms with E-state index in [1.807, 2.05) is 31.2 Å². The molecule has 0 saturated carbocycles. The van der Waals surface area contributed by atoms with E-state index in [-0.39, 0.29) is 5.82 Å². The minimum absolute atomic E-state index is 0.220. The van der Waals surface area contributed by atoms with Gasteiger partial charge in [-0.1, -0.05) is 12.1 Å². The zero-order valence-electron chi connectivity index (χ0n) is 12.0. The van der Waals surface area contributed by atoms with Crippen LogP contribution in [-0.4, -0.2) is 12.1 Å². The first kappa shape index (κ1) is 13.4. The number of nitrogens with one attached hydrogen (secondary N) is 1. The van der Waals surface area contributed by atoms with Gasteiger partial charge in [0.05, 0.1) is 7.11 Å². The second kappa shape index (κ2) is 5.44. The first-order chi connectivity index (χ1) is 10.2. The molecular weight excluding hydrogens is 265 g/mol. The molecule has 0 spiro atoms. The van der Waals surface area contributed by atoms with E-state index in [4.69, 9.17) is 4.74 Å². The van der Waals surface area contributed by atoms with Gasteiger partial charge in [0.15, 0.2) is 0 Å². The lowest BCUT2D eigenvalue weighted by Gasteiger charge is -2.01. The zero-order chi connectivity index (χ0) is 14.8. The Bertz CT molecular complexity index is 742. The van der Waals surface area contributed by atoms with Crippen LogP contribution in [0.5, 0.6) is 5.75 Å². The van der Waals surface area contributed by atoms with Gasteiger partial charge in [-0.25, -0.2) is 4.39 Å². The topological polar surface area (TPSA) is 25.0 Å². The van der Waals surface area contributed by atoms with Gasteiger partial charge in [-0.3, -0.25) is 0 Å². The Morgan fingerprint density at radius 3 is 2.14 bits per heavy atom. The van der Waals surface area contributed by atoms with Crippen LogP contribution in [0.4, 0.5) is 4.39 Å². The van der Waals surface area contributed by atoms with E-state index >= 15 is 0 Å². The number of rotatable bonds is 3. The van der Waals surface area contributed by atoms with E-state index in [9.17, 15) is 4.39 Å². The molecule has 1 heterocycles. The van der Waals surface area contributed by atoms with Crippen LogP contribution in [0.3, 0.4) is 0 Å². The minimum atomic E-state index is -0.220. The number of hydrogen-bond acceptors (Lipinski definition) is 1. The van der Waals surface area contributed by atoms with Gasteiger partial charge in [0.25, 0.3) is 0 Å². The van der Waals surface area contributed by atoms with Crippen molar-refractivity contribution in [2.45, 2.75) is 6.92 Å². The third kappa shape index (κ3) is 2.68. The van der Waals surface area contributed by atoms with Gasteiger partial charge in [-0.2, -0.15) is 0 Å². The van der Waals surface area contributed by atoms with Crippen molar-refractivity contribution in [1.82, 2.24) is 4.98 Å². The molecule has 1 aromatic heterocycles. The Hall–Kier alpha value is -2.55. The largest absolute Gasteiger partial charge is 0.497 e. The Kier molecular flexibility index (Phi) is 3.48. The molecule has 3 heteroatoms. The molecule has 21 heavy (non-hydrogen) atoms. The SMILES string of the molecule is COc1ccc(-c2cc(-c3ccc(F)cc3)c(C)[nH]2)cc1. The third-order valence-corrected chi connectivity index (χ3v) is 3.57. The lowest BCUT2D eigenvalue weighted by Crippen LogP contribution is -1.82. The monoisotopic (exact) mass is 281 g/mol. The van der Waals surface area contributed by atoms with E-state index in [2.05, 4.69) is 11.1 Å². The smallest absolute Gasteiger partial charge is 0.123 e. The van der Waals surface area contributed by atoms with E-state index in [1.54, 1.807) is 19.2 Å². The van der Waals surface area contributed by atoms with Gasteiger partial charge in [-0.15, -0.1) is 0 Å². The average Bonchev–Trinajstić information content (AvgIpc) is 2.90. The predicted molar refractivity (Wildman–Crippen MR) is 82.9 cm³/mol. The second-order valence-electron chi connectivity index (χ2n) is 4.96. The van der Waals surface area contributed by atoms with Gasteiger partial charge >= 0.3 is 0 Å². The highest BCUT2D eigenvalue weighted by molar-refractivity contribution is 5.74. The van der Waals surface area contributed by atoms with Crippen LogP contribution >= 0.6 is 0 Å². The van der Waals surface area contributed by atoms with Gasteiger partial charge in [0, 0.05) is 17.0 Å². The highest BCUT2D eigenvalue weighted by Crippen LogP contribution is 2.30. The number of hydrogen-bond donors (Lipinski definition) is 1. The standard InChI is InChI=1S/C18H16FNO/c1-12-17(13-3-7-15(19)8-4-13)11-18(20-12)14-5-9-16(21-2)10-6-14/h3-11,20H,1-2H3. The molecular formula is C18H16FNO. The summed E-state index contributed by atoms with van der Waals surface area (Å²) in [6.45, 7) is 2.02. The fourth-order valence-corrected chi connectivity index (χ4v) is 2.41. The first-order valence-electron chi connectivity index (χ1n) is 6.77. The van der Waals surface area contributed by atoms with Crippen molar-refractivity contribution in [2.75, 3.05) is 7.11 Å². The summed E-state index contributed by atoms with van der Waals surface area (Å²) >= 11 is 0. The van der Waals surface area contributed by atoms with Crippen LogP contribution in [0.1, 0.15) is 5.69 Å². The lowest BCUT2D eigenvalue weighted by atomic mass is 10.1. The molecule has 0 fully saturated rings. The number of aryl methyl sites for hydroxylation is 1. The maximum atomic E-state index is 13.0. The molecule has 0 bridgehead atoms. The molecule has 0 amide bonds. The molecule has 0 unspecified atom stereocenters. The highest BCUT2D eigenvalue weighted by Gasteiger charge is 2.08. The van der Waals surface area contributed by atoms with Crippen molar-refractivity contribution < 1.29 is 9.13 Å². The van der Waals surface area contributed by atoms with Crippen LogP contribution in [0.15, 0.2) is 54.6 Å². The van der Waals surface area contributed by atoms with Crippen LogP contribution in [0, 0.1) is 12.7 Å². The quantitative estimate of drug-likeness (QED) is 0.732. The van der Waals surface area contributed by atoms with Crippen LogP contribution in [0.25, 0.3) is 22.4 Å². The van der Waals surface area contributed by atoms with Crippen LogP contribution in [0.2, 0.25) is 0 Å². The van der Waals surface area contributed by atoms with Crippen molar-refractivity contribution >= 4 is 0 Å². The summed E-state index contributed by atoms with van der Waals surface area (Å²) in [5.74, 6) is 0.614. The molecule has 0 aliphatic heterocycles. The van der Waals surface area contributed by atoms with E-state index in [0.717, 1.165) is 33.8 Å². The number of H-pyrrole nitrogens is 1. The average molecular weight is 281 g/mol. The van der Waals surface area contributed by atoms with E-state index in [0.29, 0.717) is 0 Å². The summed E-state index contributed by atoms with van der Waals surface area (Å²) in [6, 6.07) is 16.5. The molecule has 0 aliphatic carbocycles. The summed E-state index contributed by atoms with van der Waals surface area (Å²) in [6.07, 6.45) is 0. The molecule has 2 nitrogen and oxygen atoms in total. The number of aromatic amines is 1. The molecule has 1 N–H and O–H groups in total. The summed E-state index contributed by atoms with van der Waals surface area (Å²) < 4.78 is 18.2. The normalized spacial score (nSPS) is 10.6. The van der Waals surface area contributed by atoms with Gasteiger partial charge in [0.1, 0.15) is 11.6 Å². The van der Waals surface area contributed by atoms with Crippen LogP contribution in [-0.2, 0) is 0 Å². The Labute approximate surface area is 123 Å². The molecule has 3 rings (SSSR count). The molecule has 0 atom stereocenters. The summed E-state index contributed by atoms with van der Waals surface area (Å²) in [4.78, 5) is 3.38. The second-order valence-corrected chi connectivity index (χ2v) is 4.96. The number of halogens is 1. The summed E-state index contributed by atoms with van der Waals surface area (Å²) in [5.41, 5.74) is 5.28. The van der Waals surface area contributed by atoms with E-state index in [1.165, 1.54) is 12.1 Å². The van der Waals surface area contributed by atoms with Crippen molar-refractivity contribution in [3.8, 4) is 28.1 Å². The Balaban J connectivity index is 1.98. The van der Waals surface area contributed by atoms with Crippen LogP contribution < -0.4 is 4.74 Å². The van der Waals surface area contributed by atoms with Gasteiger partial charge in [-0.05, 0) is 60.5 Å². The Morgan fingerprint density at radius 1 is 0.905 bits per heavy atom. The third-order valence-electron chi connectivity index (χ3n) is 3.57. The number of aromatic nitrogens is 1. The predicted octanol–water partition coefficient (Wildman–Crippen LogP) is 4.80. The summed E-state index contributed by atoms with van der Waals surface area (Å²) in [7, 11) is 1.65. The minimum Gasteiger partial charge on any atom is -0.497 e. The number of ether oxygens (including phenoxy) is 1. The fourth-order valence-electron chi connectivity index (χ4n) is 2.41. The molecule has 0 aliphatic rings. The number of benzene rings is 2. The molecule has 106 valence electrons. The van der Waals surface area contributed by atoms with Crippen molar-refractivity contribution in [3.63, 3.8) is 0 Å². The first-order valence-corrected chi connectivity index (χ1v) is 6.77. The Morgan fingerprint density at radius 2 is 1.52 bits per heavy atom. The fraction of sp³-hybridized carbons (Fsp3) is 0.111. The maximum Gasteiger partial charge on any atom is 0.123 e.